The van der Waals surface area contributed by atoms with Crippen molar-refractivity contribution >= 4 is 43.1 Å². The fraction of sp³-hybridized carbons (Fsp3) is 0.167. The Morgan fingerprint density at radius 2 is 1.04 bits per heavy atom. The van der Waals surface area contributed by atoms with E-state index in [-0.39, 0.29) is 0 Å². The summed E-state index contributed by atoms with van der Waals surface area (Å²) in [6.07, 6.45) is 0. The molecule has 0 atom stereocenters. The first-order valence-electron chi connectivity index (χ1n) is 9.21. The average molecular weight is 336 g/mol. The van der Waals surface area contributed by atoms with Gasteiger partial charge in [0.2, 0.25) is 0 Å². The molecule has 2 aliphatic rings. The summed E-state index contributed by atoms with van der Waals surface area (Å²) >= 11 is 0. The third-order valence-corrected chi connectivity index (χ3v) is 6.28. The van der Waals surface area contributed by atoms with Gasteiger partial charge in [0.15, 0.2) is 0 Å². The highest BCUT2D eigenvalue weighted by Gasteiger charge is 2.24. The van der Waals surface area contributed by atoms with Crippen LogP contribution < -0.4 is 0 Å². The lowest BCUT2D eigenvalue weighted by molar-refractivity contribution is 0.135. The maximum atomic E-state index is 5.83. The van der Waals surface area contributed by atoms with Crippen molar-refractivity contribution in [3.05, 3.63) is 70.8 Å². The standard InChI is InChI=1S/C24H16O2/c1-3-13-7-15-9-25-12-20(15)24-18-6-2-4-14-8-16-10-26-11-19(16)23(22(14)18)17(5-1)21(13)24/h1-8H,9-12H2. The van der Waals surface area contributed by atoms with E-state index in [1.807, 2.05) is 0 Å². The summed E-state index contributed by atoms with van der Waals surface area (Å²) in [5.74, 6) is 0. The molecule has 0 amide bonds. The molecule has 0 radical (unpaired) electrons. The van der Waals surface area contributed by atoms with E-state index in [0.717, 1.165) is 13.2 Å². The molecule has 5 aromatic carbocycles. The van der Waals surface area contributed by atoms with Crippen molar-refractivity contribution in [1.82, 2.24) is 0 Å². The van der Waals surface area contributed by atoms with Crippen molar-refractivity contribution in [2.75, 3.05) is 0 Å². The minimum atomic E-state index is 0.717. The van der Waals surface area contributed by atoms with E-state index in [4.69, 9.17) is 9.47 Å². The quantitative estimate of drug-likeness (QED) is 0.263. The van der Waals surface area contributed by atoms with Gasteiger partial charge in [0.1, 0.15) is 0 Å². The maximum Gasteiger partial charge on any atom is 0.0731 e. The van der Waals surface area contributed by atoms with Crippen LogP contribution in [0.25, 0.3) is 43.1 Å². The Morgan fingerprint density at radius 1 is 0.538 bits per heavy atom. The Kier molecular flexibility index (Phi) is 2.36. The van der Waals surface area contributed by atoms with Crippen LogP contribution >= 0.6 is 0 Å². The molecule has 0 bridgehead atoms. The minimum Gasteiger partial charge on any atom is -0.372 e. The summed E-state index contributed by atoms with van der Waals surface area (Å²) in [4.78, 5) is 0. The zero-order valence-corrected chi connectivity index (χ0v) is 14.3. The topological polar surface area (TPSA) is 18.5 Å². The molecule has 7 rings (SSSR count). The Morgan fingerprint density at radius 3 is 1.54 bits per heavy atom. The highest BCUT2D eigenvalue weighted by molar-refractivity contribution is 6.34. The number of hydrogen-bond donors (Lipinski definition) is 0. The molecular formula is C24H16O2. The number of fused-ring (bicyclic) bond motifs is 6. The maximum absolute atomic E-state index is 5.83. The normalized spacial score (nSPS) is 16.3. The molecule has 0 spiro atoms. The van der Waals surface area contributed by atoms with Crippen LogP contribution in [0, 0.1) is 0 Å². The monoisotopic (exact) mass is 336 g/mol. The van der Waals surface area contributed by atoms with E-state index in [9.17, 15) is 0 Å². The van der Waals surface area contributed by atoms with E-state index in [1.54, 1.807) is 0 Å². The van der Waals surface area contributed by atoms with Crippen LogP contribution in [0.5, 0.6) is 0 Å². The molecular weight excluding hydrogens is 320 g/mol. The zero-order chi connectivity index (χ0) is 16.8. The van der Waals surface area contributed by atoms with Crippen LogP contribution in [0.3, 0.4) is 0 Å². The lowest BCUT2D eigenvalue weighted by Gasteiger charge is -2.18. The number of ether oxygens (including phenoxy) is 2. The second-order valence-corrected chi connectivity index (χ2v) is 7.57. The third kappa shape index (κ3) is 1.47. The van der Waals surface area contributed by atoms with Gasteiger partial charge in [0.25, 0.3) is 0 Å². The van der Waals surface area contributed by atoms with Gasteiger partial charge in [-0.05, 0) is 77.5 Å². The fourth-order valence-electron chi connectivity index (χ4n) is 5.24. The third-order valence-electron chi connectivity index (χ3n) is 6.28. The van der Waals surface area contributed by atoms with Crippen molar-refractivity contribution in [1.29, 1.82) is 0 Å². The highest BCUT2D eigenvalue weighted by atomic mass is 16.5. The van der Waals surface area contributed by atoms with Gasteiger partial charge in [-0.3, -0.25) is 0 Å². The molecule has 0 aliphatic carbocycles. The van der Waals surface area contributed by atoms with Crippen LogP contribution in [-0.4, -0.2) is 0 Å². The van der Waals surface area contributed by atoms with Crippen LogP contribution in [0.4, 0.5) is 0 Å². The summed E-state index contributed by atoms with van der Waals surface area (Å²) in [6, 6.07) is 18.1. The molecule has 0 N–H and O–H groups in total. The summed E-state index contributed by atoms with van der Waals surface area (Å²) < 4.78 is 11.7. The van der Waals surface area contributed by atoms with Gasteiger partial charge in [0.05, 0.1) is 26.4 Å². The van der Waals surface area contributed by atoms with Gasteiger partial charge >= 0.3 is 0 Å². The van der Waals surface area contributed by atoms with E-state index in [2.05, 4.69) is 48.5 Å². The predicted molar refractivity (Wildman–Crippen MR) is 105 cm³/mol. The molecule has 26 heavy (non-hydrogen) atoms. The van der Waals surface area contributed by atoms with Crippen molar-refractivity contribution < 1.29 is 9.47 Å². The zero-order valence-electron chi connectivity index (χ0n) is 14.3. The first-order chi connectivity index (χ1) is 12.9. The second-order valence-electron chi connectivity index (χ2n) is 7.57. The number of hydrogen-bond acceptors (Lipinski definition) is 2. The van der Waals surface area contributed by atoms with Crippen molar-refractivity contribution in [2.45, 2.75) is 26.4 Å². The molecule has 0 fully saturated rings. The van der Waals surface area contributed by atoms with Gasteiger partial charge in [-0.1, -0.05) is 36.4 Å². The average Bonchev–Trinajstić information content (AvgIpc) is 3.32. The van der Waals surface area contributed by atoms with Gasteiger partial charge < -0.3 is 9.47 Å². The minimum absolute atomic E-state index is 0.717. The molecule has 0 saturated carbocycles. The van der Waals surface area contributed by atoms with Gasteiger partial charge in [-0.15, -0.1) is 0 Å². The first-order valence-corrected chi connectivity index (χ1v) is 9.21. The fourth-order valence-corrected chi connectivity index (χ4v) is 5.24. The number of benzene rings is 5. The van der Waals surface area contributed by atoms with E-state index in [1.165, 1.54) is 65.3 Å². The smallest absolute Gasteiger partial charge is 0.0731 e. The van der Waals surface area contributed by atoms with Crippen LogP contribution in [-0.2, 0) is 35.9 Å². The predicted octanol–water partition coefficient (Wildman–Crippen LogP) is 5.80. The Bertz CT molecular complexity index is 1270. The van der Waals surface area contributed by atoms with Crippen LogP contribution in [0.2, 0.25) is 0 Å². The SMILES string of the molecule is c1cc2cc3c(c4c5cccc6cc7c(c(c(c1)c24)c65)COC7)COC3. The van der Waals surface area contributed by atoms with E-state index < -0.39 is 0 Å². The largest absolute Gasteiger partial charge is 0.372 e. The summed E-state index contributed by atoms with van der Waals surface area (Å²) in [5, 5.41) is 10.9. The Labute approximate surface area is 150 Å². The molecule has 0 aromatic heterocycles. The molecule has 2 heterocycles. The Hall–Kier alpha value is -2.68. The summed E-state index contributed by atoms with van der Waals surface area (Å²) in [5.41, 5.74) is 5.43. The molecule has 2 heteroatoms. The lowest BCUT2D eigenvalue weighted by Crippen LogP contribution is -1.95. The van der Waals surface area contributed by atoms with Gasteiger partial charge in [-0.25, -0.2) is 0 Å². The molecule has 0 saturated heterocycles. The number of rotatable bonds is 0. The van der Waals surface area contributed by atoms with Crippen LogP contribution in [0.15, 0.2) is 48.5 Å². The molecule has 124 valence electrons. The van der Waals surface area contributed by atoms with E-state index in [0.29, 0.717) is 13.2 Å². The molecule has 2 nitrogen and oxygen atoms in total. The van der Waals surface area contributed by atoms with Gasteiger partial charge in [0, 0.05) is 0 Å². The van der Waals surface area contributed by atoms with Crippen molar-refractivity contribution in [3.8, 4) is 0 Å². The molecule has 2 aliphatic heterocycles. The highest BCUT2D eigenvalue weighted by Crippen LogP contribution is 2.46. The molecule has 0 unspecified atom stereocenters. The Balaban J connectivity index is 1.91. The summed E-state index contributed by atoms with van der Waals surface area (Å²) in [6.45, 7) is 2.89. The van der Waals surface area contributed by atoms with Crippen molar-refractivity contribution in [3.63, 3.8) is 0 Å². The first kappa shape index (κ1) is 13.5. The molecule has 5 aromatic rings. The van der Waals surface area contributed by atoms with E-state index >= 15 is 0 Å². The summed E-state index contributed by atoms with van der Waals surface area (Å²) in [7, 11) is 0. The second kappa shape index (κ2) is 4.53. The van der Waals surface area contributed by atoms with Crippen LogP contribution in [0.1, 0.15) is 22.3 Å². The van der Waals surface area contributed by atoms with Crippen molar-refractivity contribution in [2.24, 2.45) is 0 Å². The lowest BCUT2D eigenvalue weighted by atomic mass is 9.84. The van der Waals surface area contributed by atoms with Gasteiger partial charge in [-0.2, -0.15) is 0 Å².